The lowest BCUT2D eigenvalue weighted by molar-refractivity contribution is -0.132. The van der Waals surface area contributed by atoms with Gasteiger partial charge in [0.1, 0.15) is 29.9 Å². The van der Waals surface area contributed by atoms with Crippen molar-refractivity contribution in [1.82, 2.24) is 4.98 Å². The van der Waals surface area contributed by atoms with E-state index in [0.29, 0.717) is 35.1 Å². The fourth-order valence-electron chi connectivity index (χ4n) is 4.51. The molecule has 5 rings (SSSR count). The number of amides is 1. The molecule has 0 spiro atoms. The van der Waals surface area contributed by atoms with Crippen molar-refractivity contribution in [3.63, 3.8) is 0 Å². The molecule has 1 aliphatic rings. The zero-order chi connectivity index (χ0) is 26.6. The SMILES string of the molecule is COc1ccc(N2C(=O)C(=O)/C(=C(\O)c3ccc(OCc4ccccc4)c(C)c3)C2c2ccccn2)cc1. The number of Topliss-reactive ketones (excluding diaryl/α,β-unsaturated/α-hetero) is 1. The van der Waals surface area contributed by atoms with Crippen LogP contribution in [0, 0.1) is 6.92 Å². The number of carbonyl (C=O) groups excluding carboxylic acids is 2. The maximum absolute atomic E-state index is 13.3. The highest BCUT2D eigenvalue weighted by Crippen LogP contribution is 2.42. The van der Waals surface area contributed by atoms with E-state index < -0.39 is 17.7 Å². The Hall–Kier alpha value is -4.91. The zero-order valence-corrected chi connectivity index (χ0v) is 21.0. The Morgan fingerprint density at radius 2 is 1.68 bits per heavy atom. The number of nitrogens with zero attached hydrogens (tertiary/aromatic N) is 2. The largest absolute Gasteiger partial charge is 0.507 e. The predicted molar refractivity (Wildman–Crippen MR) is 144 cm³/mol. The molecule has 1 fully saturated rings. The van der Waals surface area contributed by atoms with Crippen molar-refractivity contribution in [2.75, 3.05) is 12.0 Å². The molecule has 190 valence electrons. The molecule has 1 saturated heterocycles. The molecular formula is C31H26N2O5. The number of hydrogen-bond donors (Lipinski definition) is 1. The van der Waals surface area contributed by atoms with Crippen LogP contribution in [0.4, 0.5) is 5.69 Å². The summed E-state index contributed by atoms with van der Waals surface area (Å²) in [5, 5.41) is 11.4. The highest BCUT2D eigenvalue weighted by molar-refractivity contribution is 6.51. The minimum Gasteiger partial charge on any atom is -0.507 e. The van der Waals surface area contributed by atoms with Crippen LogP contribution in [0.2, 0.25) is 0 Å². The Labute approximate surface area is 220 Å². The summed E-state index contributed by atoms with van der Waals surface area (Å²) >= 11 is 0. The van der Waals surface area contributed by atoms with E-state index in [1.165, 1.54) is 4.90 Å². The van der Waals surface area contributed by atoms with Crippen LogP contribution in [0.15, 0.2) is 103 Å². The molecule has 4 aromatic rings. The number of aliphatic hydroxyl groups excluding tert-OH is 1. The second-order valence-corrected chi connectivity index (χ2v) is 8.88. The van der Waals surface area contributed by atoms with Gasteiger partial charge in [-0.3, -0.25) is 19.5 Å². The van der Waals surface area contributed by atoms with Gasteiger partial charge in [-0.25, -0.2) is 0 Å². The van der Waals surface area contributed by atoms with E-state index >= 15 is 0 Å². The summed E-state index contributed by atoms with van der Waals surface area (Å²) in [7, 11) is 1.55. The molecule has 3 aromatic carbocycles. The topological polar surface area (TPSA) is 89.0 Å². The lowest BCUT2D eigenvalue weighted by atomic mass is 9.97. The van der Waals surface area contributed by atoms with Crippen molar-refractivity contribution in [3.05, 3.63) is 125 Å². The van der Waals surface area contributed by atoms with E-state index in [1.54, 1.807) is 74.0 Å². The van der Waals surface area contributed by atoms with Crippen LogP contribution in [0.5, 0.6) is 11.5 Å². The van der Waals surface area contributed by atoms with Gasteiger partial charge < -0.3 is 14.6 Å². The third-order valence-electron chi connectivity index (χ3n) is 6.45. The molecule has 0 aliphatic carbocycles. The van der Waals surface area contributed by atoms with Crippen LogP contribution in [-0.2, 0) is 16.2 Å². The Balaban J connectivity index is 1.54. The Morgan fingerprint density at radius 3 is 2.34 bits per heavy atom. The van der Waals surface area contributed by atoms with Crippen molar-refractivity contribution in [2.45, 2.75) is 19.6 Å². The number of aromatic nitrogens is 1. The van der Waals surface area contributed by atoms with Crippen LogP contribution in [-0.4, -0.2) is 28.9 Å². The number of pyridine rings is 1. The number of ether oxygens (including phenoxy) is 2. The van der Waals surface area contributed by atoms with E-state index in [0.717, 1.165) is 11.1 Å². The molecule has 7 heteroatoms. The Bertz CT molecular complexity index is 1500. The second kappa shape index (κ2) is 10.6. The molecule has 0 radical (unpaired) electrons. The average molecular weight is 507 g/mol. The zero-order valence-electron chi connectivity index (χ0n) is 21.0. The molecule has 1 N–H and O–H groups in total. The maximum atomic E-state index is 13.3. The minimum atomic E-state index is -0.904. The van der Waals surface area contributed by atoms with Gasteiger partial charge in [0.05, 0.1) is 18.4 Å². The lowest BCUT2D eigenvalue weighted by Gasteiger charge is -2.24. The molecule has 0 bridgehead atoms. The highest BCUT2D eigenvalue weighted by atomic mass is 16.5. The quantitative estimate of drug-likeness (QED) is 0.199. The first-order valence-electron chi connectivity index (χ1n) is 12.1. The predicted octanol–water partition coefficient (Wildman–Crippen LogP) is 5.60. The normalized spacial score (nSPS) is 16.5. The molecule has 1 amide bonds. The first-order valence-corrected chi connectivity index (χ1v) is 12.1. The van der Waals surface area contributed by atoms with Crippen LogP contribution in [0.3, 0.4) is 0 Å². The standard InChI is InChI=1S/C31H26N2O5/c1-20-18-22(11-16-26(20)38-19-21-8-4-3-5-9-21)29(34)27-28(25-10-6-7-17-32-25)33(31(36)30(27)35)23-12-14-24(37-2)15-13-23/h3-18,28,34H,19H2,1-2H3/b29-27-. The van der Waals surface area contributed by atoms with E-state index in [2.05, 4.69) is 4.98 Å². The van der Waals surface area contributed by atoms with Crippen molar-refractivity contribution in [1.29, 1.82) is 0 Å². The summed E-state index contributed by atoms with van der Waals surface area (Å²) in [5.74, 6) is -0.522. The first-order chi connectivity index (χ1) is 18.5. The summed E-state index contributed by atoms with van der Waals surface area (Å²) in [4.78, 5) is 32.4. The Morgan fingerprint density at radius 1 is 0.947 bits per heavy atom. The fraction of sp³-hybridized carbons (Fsp3) is 0.129. The van der Waals surface area contributed by atoms with Crippen molar-refractivity contribution < 1.29 is 24.2 Å². The highest BCUT2D eigenvalue weighted by Gasteiger charge is 2.47. The van der Waals surface area contributed by atoms with E-state index in [4.69, 9.17) is 9.47 Å². The third kappa shape index (κ3) is 4.74. The maximum Gasteiger partial charge on any atom is 0.300 e. The summed E-state index contributed by atoms with van der Waals surface area (Å²) in [6.07, 6.45) is 1.59. The van der Waals surface area contributed by atoms with Crippen molar-refractivity contribution in [3.8, 4) is 11.5 Å². The number of methoxy groups -OCH3 is 1. The van der Waals surface area contributed by atoms with Gasteiger partial charge in [-0.2, -0.15) is 0 Å². The lowest BCUT2D eigenvalue weighted by Crippen LogP contribution is -2.29. The molecule has 1 atom stereocenters. The molecule has 1 unspecified atom stereocenters. The van der Waals surface area contributed by atoms with Crippen LogP contribution in [0.1, 0.15) is 28.4 Å². The molecular weight excluding hydrogens is 480 g/mol. The molecule has 1 aliphatic heterocycles. The Kier molecular flexibility index (Phi) is 6.91. The third-order valence-corrected chi connectivity index (χ3v) is 6.45. The molecule has 0 saturated carbocycles. The summed E-state index contributed by atoms with van der Waals surface area (Å²) in [6.45, 7) is 2.27. The molecule has 7 nitrogen and oxygen atoms in total. The number of hydrogen-bond acceptors (Lipinski definition) is 6. The number of benzene rings is 3. The van der Waals surface area contributed by atoms with Gasteiger partial charge in [0.2, 0.25) is 0 Å². The van der Waals surface area contributed by atoms with Crippen LogP contribution in [0.25, 0.3) is 5.76 Å². The van der Waals surface area contributed by atoms with E-state index in [9.17, 15) is 14.7 Å². The summed E-state index contributed by atoms with van der Waals surface area (Å²) in [5.41, 5.74) is 3.15. The van der Waals surface area contributed by atoms with Crippen LogP contribution >= 0.6 is 0 Å². The van der Waals surface area contributed by atoms with Gasteiger partial charge in [0, 0.05) is 17.4 Å². The van der Waals surface area contributed by atoms with E-state index in [1.807, 2.05) is 37.3 Å². The summed E-state index contributed by atoms with van der Waals surface area (Å²) < 4.78 is 11.2. The molecule has 38 heavy (non-hydrogen) atoms. The van der Waals surface area contributed by atoms with Gasteiger partial charge in [-0.05, 0) is 72.6 Å². The number of carbonyl (C=O) groups is 2. The van der Waals surface area contributed by atoms with Crippen LogP contribution < -0.4 is 14.4 Å². The molecule has 2 heterocycles. The number of aryl methyl sites for hydroxylation is 1. The van der Waals surface area contributed by atoms with Gasteiger partial charge in [-0.1, -0.05) is 36.4 Å². The number of rotatable bonds is 7. The monoisotopic (exact) mass is 506 g/mol. The van der Waals surface area contributed by atoms with Gasteiger partial charge in [-0.15, -0.1) is 0 Å². The minimum absolute atomic E-state index is 0.0260. The average Bonchev–Trinajstić information content (AvgIpc) is 3.23. The van der Waals surface area contributed by atoms with Gasteiger partial charge in [0.15, 0.2) is 0 Å². The number of anilines is 1. The second-order valence-electron chi connectivity index (χ2n) is 8.88. The van der Waals surface area contributed by atoms with Crippen molar-refractivity contribution in [2.24, 2.45) is 0 Å². The fourth-order valence-corrected chi connectivity index (χ4v) is 4.51. The number of ketones is 1. The first kappa shape index (κ1) is 24.8. The molecule has 1 aromatic heterocycles. The van der Waals surface area contributed by atoms with Gasteiger partial charge in [0.25, 0.3) is 11.7 Å². The van der Waals surface area contributed by atoms with E-state index in [-0.39, 0.29) is 11.3 Å². The van der Waals surface area contributed by atoms with Gasteiger partial charge >= 0.3 is 0 Å². The van der Waals surface area contributed by atoms with Crippen molar-refractivity contribution >= 4 is 23.1 Å². The smallest absolute Gasteiger partial charge is 0.300 e. The summed E-state index contributed by atoms with van der Waals surface area (Å²) in [6, 6.07) is 26.2. The number of aliphatic hydroxyl groups is 1.